The third-order valence-electron chi connectivity index (χ3n) is 3.38. The highest BCUT2D eigenvalue weighted by Gasteiger charge is 2.20. The first kappa shape index (κ1) is 15.9. The van der Waals surface area contributed by atoms with E-state index in [1.807, 2.05) is 13.0 Å². The summed E-state index contributed by atoms with van der Waals surface area (Å²) < 4.78 is 0. The maximum absolute atomic E-state index is 9.10. The van der Waals surface area contributed by atoms with Gasteiger partial charge in [0.15, 0.2) is 0 Å². The Kier molecular flexibility index (Phi) is 5.87. The molecular formula is C16H19N4. The molecule has 0 aliphatic rings. The zero-order valence-electron chi connectivity index (χ0n) is 12.2. The second-order valence-electron chi connectivity index (χ2n) is 4.95. The molecule has 4 heteroatoms. The summed E-state index contributed by atoms with van der Waals surface area (Å²) in [7, 11) is 0. The van der Waals surface area contributed by atoms with Crippen molar-refractivity contribution >= 4 is 5.69 Å². The van der Waals surface area contributed by atoms with Gasteiger partial charge >= 0.3 is 0 Å². The monoisotopic (exact) mass is 267 g/mol. The van der Waals surface area contributed by atoms with Crippen molar-refractivity contribution in [2.45, 2.75) is 45.6 Å². The minimum absolute atomic E-state index is 0.215. The molecule has 1 atom stereocenters. The van der Waals surface area contributed by atoms with Crippen molar-refractivity contribution in [2.24, 2.45) is 10.2 Å². The zero-order chi connectivity index (χ0) is 15.0. The third kappa shape index (κ3) is 4.17. The van der Waals surface area contributed by atoms with Crippen molar-refractivity contribution < 1.29 is 0 Å². The SMILES string of the molecule is C[CH]CCC(C)(CC)/N=N/c1ccc(C#N)cc1C#N. The van der Waals surface area contributed by atoms with Crippen LogP contribution in [0.3, 0.4) is 0 Å². The molecule has 0 bridgehead atoms. The predicted octanol–water partition coefficient (Wildman–Crippen LogP) is 4.69. The Bertz CT molecular complexity index is 563. The van der Waals surface area contributed by atoms with Crippen LogP contribution in [0, 0.1) is 29.1 Å². The van der Waals surface area contributed by atoms with Gasteiger partial charge in [-0.15, -0.1) is 0 Å². The van der Waals surface area contributed by atoms with Gasteiger partial charge in [-0.3, -0.25) is 0 Å². The van der Waals surface area contributed by atoms with E-state index in [0.717, 1.165) is 19.3 Å². The fourth-order valence-corrected chi connectivity index (χ4v) is 1.71. The highest BCUT2D eigenvalue weighted by atomic mass is 15.1. The lowest BCUT2D eigenvalue weighted by Crippen LogP contribution is -2.19. The molecule has 0 heterocycles. The van der Waals surface area contributed by atoms with Crippen molar-refractivity contribution in [3.8, 4) is 12.1 Å². The summed E-state index contributed by atoms with van der Waals surface area (Å²) in [6, 6.07) is 8.93. The second kappa shape index (κ2) is 7.40. The summed E-state index contributed by atoms with van der Waals surface area (Å²) in [5.74, 6) is 0. The molecule has 0 spiro atoms. The fourth-order valence-electron chi connectivity index (χ4n) is 1.71. The van der Waals surface area contributed by atoms with Gasteiger partial charge in [0, 0.05) is 0 Å². The lowest BCUT2D eigenvalue weighted by atomic mass is 9.93. The topological polar surface area (TPSA) is 72.3 Å². The lowest BCUT2D eigenvalue weighted by molar-refractivity contribution is 0.402. The highest BCUT2D eigenvalue weighted by molar-refractivity contribution is 5.56. The summed E-state index contributed by atoms with van der Waals surface area (Å²) >= 11 is 0. The van der Waals surface area contributed by atoms with E-state index in [1.165, 1.54) is 6.07 Å². The number of hydrogen-bond donors (Lipinski definition) is 0. The van der Waals surface area contributed by atoms with Gasteiger partial charge in [-0.1, -0.05) is 13.8 Å². The fraction of sp³-hybridized carbons (Fsp3) is 0.438. The number of azo groups is 1. The summed E-state index contributed by atoms with van der Waals surface area (Å²) in [4.78, 5) is 0. The Morgan fingerprint density at radius 2 is 2.05 bits per heavy atom. The molecule has 0 saturated heterocycles. The van der Waals surface area contributed by atoms with Crippen molar-refractivity contribution in [3.05, 3.63) is 35.7 Å². The van der Waals surface area contributed by atoms with Gasteiger partial charge in [0.1, 0.15) is 11.8 Å². The normalized spacial score (nSPS) is 13.7. The Hall–Kier alpha value is -2.20. The van der Waals surface area contributed by atoms with Gasteiger partial charge in [-0.2, -0.15) is 20.8 Å². The van der Waals surface area contributed by atoms with E-state index >= 15 is 0 Å². The van der Waals surface area contributed by atoms with Crippen LogP contribution in [0.1, 0.15) is 51.2 Å². The molecule has 1 unspecified atom stereocenters. The van der Waals surface area contributed by atoms with E-state index in [0.29, 0.717) is 16.8 Å². The highest BCUT2D eigenvalue weighted by Crippen LogP contribution is 2.27. The standard InChI is InChI=1S/C16H19N4/c1-4-6-9-16(3,5-2)20-19-15-8-7-13(11-17)10-14(15)12-18/h4,7-8,10H,5-6,9H2,1-3H3/b20-19+. The van der Waals surface area contributed by atoms with Crippen LogP contribution in [0.25, 0.3) is 0 Å². The van der Waals surface area contributed by atoms with Gasteiger partial charge in [0.25, 0.3) is 0 Å². The zero-order valence-corrected chi connectivity index (χ0v) is 12.2. The number of hydrogen-bond acceptors (Lipinski definition) is 4. The van der Waals surface area contributed by atoms with Crippen LogP contribution in [0.2, 0.25) is 0 Å². The van der Waals surface area contributed by atoms with Crippen LogP contribution < -0.4 is 0 Å². The molecule has 4 nitrogen and oxygen atoms in total. The van der Waals surface area contributed by atoms with Gasteiger partial charge in [0.2, 0.25) is 0 Å². The maximum Gasteiger partial charge on any atom is 0.103 e. The van der Waals surface area contributed by atoms with Crippen LogP contribution in [0.4, 0.5) is 5.69 Å². The minimum atomic E-state index is -0.215. The molecule has 20 heavy (non-hydrogen) atoms. The van der Waals surface area contributed by atoms with Crippen molar-refractivity contribution in [2.75, 3.05) is 0 Å². The molecule has 1 aromatic rings. The Labute approximate surface area is 120 Å². The largest absolute Gasteiger partial charge is 0.192 e. The number of nitrogens with zero attached hydrogens (tertiary/aromatic N) is 4. The summed E-state index contributed by atoms with van der Waals surface area (Å²) in [5, 5.41) is 26.6. The first-order chi connectivity index (χ1) is 9.58. The van der Waals surface area contributed by atoms with Crippen molar-refractivity contribution in [3.63, 3.8) is 0 Å². The van der Waals surface area contributed by atoms with Crippen LogP contribution in [0.15, 0.2) is 28.4 Å². The van der Waals surface area contributed by atoms with Crippen LogP contribution >= 0.6 is 0 Å². The first-order valence-electron chi connectivity index (χ1n) is 6.73. The molecule has 1 aromatic carbocycles. The molecule has 0 N–H and O–H groups in total. The van der Waals surface area contributed by atoms with Crippen LogP contribution in [-0.4, -0.2) is 5.54 Å². The van der Waals surface area contributed by atoms with Gasteiger partial charge in [0.05, 0.1) is 22.7 Å². The van der Waals surface area contributed by atoms with Crippen molar-refractivity contribution in [1.82, 2.24) is 0 Å². The Balaban J connectivity index is 3.00. The van der Waals surface area contributed by atoms with E-state index < -0.39 is 0 Å². The molecule has 1 rings (SSSR count). The van der Waals surface area contributed by atoms with E-state index in [9.17, 15) is 0 Å². The summed E-state index contributed by atoms with van der Waals surface area (Å²) in [6.45, 7) is 6.18. The molecule has 0 aliphatic heterocycles. The second-order valence-corrected chi connectivity index (χ2v) is 4.95. The number of unbranched alkanes of at least 4 members (excludes halogenated alkanes) is 1. The summed E-state index contributed by atoms with van der Waals surface area (Å²) in [6.07, 6.45) is 4.93. The van der Waals surface area contributed by atoms with Gasteiger partial charge in [-0.25, -0.2) is 0 Å². The molecule has 103 valence electrons. The number of benzene rings is 1. The average molecular weight is 267 g/mol. The van der Waals surface area contributed by atoms with E-state index in [2.05, 4.69) is 36.6 Å². The number of rotatable bonds is 6. The molecular weight excluding hydrogens is 248 g/mol. The number of nitriles is 2. The smallest absolute Gasteiger partial charge is 0.103 e. The predicted molar refractivity (Wildman–Crippen MR) is 78.3 cm³/mol. The molecule has 0 saturated carbocycles. The van der Waals surface area contributed by atoms with E-state index in [4.69, 9.17) is 10.5 Å². The van der Waals surface area contributed by atoms with Crippen LogP contribution in [-0.2, 0) is 0 Å². The van der Waals surface area contributed by atoms with Crippen molar-refractivity contribution in [1.29, 1.82) is 10.5 Å². The van der Waals surface area contributed by atoms with E-state index in [-0.39, 0.29) is 5.54 Å². The molecule has 0 amide bonds. The lowest BCUT2D eigenvalue weighted by Gasteiger charge is -2.21. The molecule has 0 aliphatic carbocycles. The Morgan fingerprint density at radius 3 is 2.60 bits per heavy atom. The Morgan fingerprint density at radius 1 is 1.30 bits per heavy atom. The third-order valence-corrected chi connectivity index (χ3v) is 3.38. The summed E-state index contributed by atoms with van der Waals surface area (Å²) in [5.41, 5.74) is 1.15. The average Bonchev–Trinajstić information content (AvgIpc) is 2.50. The minimum Gasteiger partial charge on any atom is -0.192 e. The first-order valence-corrected chi connectivity index (χ1v) is 6.73. The maximum atomic E-state index is 9.10. The molecule has 1 radical (unpaired) electrons. The molecule has 0 aromatic heterocycles. The van der Waals surface area contributed by atoms with Gasteiger partial charge in [-0.05, 0) is 50.8 Å². The van der Waals surface area contributed by atoms with E-state index in [1.54, 1.807) is 12.1 Å². The quantitative estimate of drug-likeness (QED) is 0.701. The van der Waals surface area contributed by atoms with Crippen LogP contribution in [0.5, 0.6) is 0 Å². The molecule has 0 fully saturated rings. The van der Waals surface area contributed by atoms with Gasteiger partial charge < -0.3 is 0 Å².